The molecule has 0 saturated heterocycles. The monoisotopic (exact) mass is 333 g/mol. The lowest BCUT2D eigenvalue weighted by Crippen LogP contribution is -2.35. The summed E-state index contributed by atoms with van der Waals surface area (Å²) < 4.78 is 0.919. The molecule has 1 N–H and O–H groups in total. The number of nitrogens with one attached hydrogen (secondary N) is 1. The Kier molecular flexibility index (Phi) is 5.32. The Morgan fingerprint density at radius 3 is 2.80 bits per heavy atom. The van der Waals surface area contributed by atoms with Crippen LogP contribution in [0.25, 0.3) is 0 Å². The van der Waals surface area contributed by atoms with Gasteiger partial charge < -0.3 is 5.32 Å². The molecule has 1 unspecified atom stereocenters. The minimum Gasteiger partial charge on any atom is -0.348 e. The first-order chi connectivity index (χ1) is 7.17. The van der Waals surface area contributed by atoms with Gasteiger partial charge in [0.1, 0.15) is 0 Å². The summed E-state index contributed by atoms with van der Waals surface area (Å²) in [6, 6.07) is 7.57. The molecule has 0 radical (unpaired) electrons. The second-order valence-corrected chi connectivity index (χ2v) is 4.81. The molecular weight excluding hydrogens is 322 g/mol. The minimum absolute atomic E-state index is 0.0254. The van der Waals surface area contributed by atoms with Gasteiger partial charge in [-0.25, -0.2) is 0 Å². The van der Waals surface area contributed by atoms with E-state index in [0.717, 1.165) is 16.2 Å². The Bertz CT molecular complexity index is 337. The molecular formula is C11H13Br2NO. The molecule has 2 nitrogen and oxygen atoms in total. The molecule has 4 heteroatoms. The summed E-state index contributed by atoms with van der Waals surface area (Å²) in [5, 5.41) is 3.73. The van der Waals surface area contributed by atoms with Crippen LogP contribution in [0.15, 0.2) is 28.7 Å². The van der Waals surface area contributed by atoms with Gasteiger partial charge in [0.25, 0.3) is 5.91 Å². The highest BCUT2D eigenvalue weighted by Crippen LogP contribution is 2.11. The van der Waals surface area contributed by atoms with Crippen molar-refractivity contribution in [3.05, 3.63) is 34.3 Å². The van der Waals surface area contributed by atoms with Crippen molar-refractivity contribution in [3.63, 3.8) is 0 Å². The van der Waals surface area contributed by atoms with E-state index in [1.54, 1.807) is 6.07 Å². The summed E-state index contributed by atoms with van der Waals surface area (Å²) in [5.74, 6) is -0.0254. The maximum absolute atomic E-state index is 11.8. The molecule has 1 amide bonds. The minimum atomic E-state index is -0.0254. The van der Waals surface area contributed by atoms with E-state index in [-0.39, 0.29) is 11.9 Å². The highest BCUT2D eigenvalue weighted by molar-refractivity contribution is 9.10. The van der Waals surface area contributed by atoms with Crippen molar-refractivity contribution in [3.8, 4) is 0 Å². The van der Waals surface area contributed by atoms with Gasteiger partial charge in [0.2, 0.25) is 0 Å². The third-order valence-electron chi connectivity index (χ3n) is 2.10. The average molecular weight is 335 g/mol. The van der Waals surface area contributed by atoms with Crippen LogP contribution >= 0.6 is 31.9 Å². The van der Waals surface area contributed by atoms with Crippen LogP contribution in [-0.2, 0) is 0 Å². The summed E-state index contributed by atoms with van der Waals surface area (Å²) in [6.45, 7) is 2.05. The molecule has 0 spiro atoms. The van der Waals surface area contributed by atoms with Gasteiger partial charge in [-0.1, -0.05) is 44.8 Å². The number of carbonyl (C=O) groups is 1. The number of benzene rings is 1. The molecule has 1 atom stereocenters. The fourth-order valence-electron chi connectivity index (χ4n) is 1.15. The number of rotatable bonds is 4. The van der Waals surface area contributed by atoms with Crippen molar-refractivity contribution < 1.29 is 4.79 Å². The molecule has 1 aromatic rings. The zero-order valence-electron chi connectivity index (χ0n) is 8.47. The van der Waals surface area contributed by atoms with Gasteiger partial charge in [-0.3, -0.25) is 4.79 Å². The standard InChI is InChI=1S/C11H13Br2NO/c1-2-10(7-12)14-11(15)8-4-3-5-9(13)6-8/h3-6,10H,2,7H2,1H3,(H,14,15). The van der Waals surface area contributed by atoms with E-state index in [1.807, 2.05) is 25.1 Å². The van der Waals surface area contributed by atoms with Crippen molar-refractivity contribution in [2.75, 3.05) is 5.33 Å². The lowest BCUT2D eigenvalue weighted by molar-refractivity contribution is 0.0940. The molecule has 0 aliphatic heterocycles. The fraction of sp³-hybridized carbons (Fsp3) is 0.364. The van der Waals surface area contributed by atoms with Crippen molar-refractivity contribution in [2.24, 2.45) is 0 Å². The Labute approximate surface area is 107 Å². The molecule has 1 aromatic carbocycles. The molecule has 0 saturated carbocycles. The average Bonchev–Trinajstić information content (AvgIpc) is 2.25. The third kappa shape index (κ3) is 3.95. The number of hydrogen-bond acceptors (Lipinski definition) is 1. The van der Waals surface area contributed by atoms with E-state index in [2.05, 4.69) is 37.2 Å². The van der Waals surface area contributed by atoms with Crippen LogP contribution in [0.3, 0.4) is 0 Å². The first-order valence-electron chi connectivity index (χ1n) is 4.79. The van der Waals surface area contributed by atoms with Crippen LogP contribution in [0, 0.1) is 0 Å². The summed E-state index contributed by atoms with van der Waals surface area (Å²) >= 11 is 6.71. The Hall–Kier alpha value is -0.350. The van der Waals surface area contributed by atoms with E-state index in [9.17, 15) is 4.79 Å². The van der Waals surface area contributed by atoms with Crippen molar-refractivity contribution in [2.45, 2.75) is 19.4 Å². The maximum atomic E-state index is 11.8. The normalized spacial score (nSPS) is 12.2. The van der Waals surface area contributed by atoms with Gasteiger partial charge >= 0.3 is 0 Å². The summed E-state index contributed by atoms with van der Waals surface area (Å²) in [7, 11) is 0. The molecule has 82 valence electrons. The van der Waals surface area contributed by atoms with Crippen molar-refractivity contribution >= 4 is 37.8 Å². The first kappa shape index (κ1) is 12.7. The molecule has 1 rings (SSSR count). The molecule has 0 aliphatic carbocycles. The van der Waals surface area contributed by atoms with E-state index in [4.69, 9.17) is 0 Å². The van der Waals surface area contributed by atoms with Gasteiger partial charge in [0.05, 0.1) is 0 Å². The predicted molar refractivity (Wildman–Crippen MR) is 69.5 cm³/mol. The SMILES string of the molecule is CCC(CBr)NC(=O)c1cccc(Br)c1. The summed E-state index contributed by atoms with van der Waals surface area (Å²) in [6.07, 6.45) is 0.922. The fourth-order valence-corrected chi connectivity index (χ4v) is 2.17. The lowest BCUT2D eigenvalue weighted by Gasteiger charge is -2.13. The highest BCUT2D eigenvalue weighted by atomic mass is 79.9. The zero-order valence-corrected chi connectivity index (χ0v) is 11.6. The molecule has 0 aromatic heterocycles. The highest BCUT2D eigenvalue weighted by Gasteiger charge is 2.10. The van der Waals surface area contributed by atoms with Crippen LogP contribution in [-0.4, -0.2) is 17.3 Å². The van der Waals surface area contributed by atoms with Crippen LogP contribution < -0.4 is 5.32 Å². The van der Waals surface area contributed by atoms with E-state index >= 15 is 0 Å². The van der Waals surface area contributed by atoms with Gasteiger partial charge in [-0.2, -0.15) is 0 Å². The summed E-state index contributed by atoms with van der Waals surface area (Å²) in [4.78, 5) is 11.8. The van der Waals surface area contributed by atoms with E-state index in [0.29, 0.717) is 5.56 Å². The van der Waals surface area contributed by atoms with Gasteiger partial charge in [-0.05, 0) is 24.6 Å². The smallest absolute Gasteiger partial charge is 0.251 e. The zero-order chi connectivity index (χ0) is 11.3. The Morgan fingerprint density at radius 2 is 2.27 bits per heavy atom. The molecule has 0 aliphatic rings. The second kappa shape index (κ2) is 6.28. The first-order valence-corrected chi connectivity index (χ1v) is 6.71. The van der Waals surface area contributed by atoms with E-state index in [1.165, 1.54) is 0 Å². The number of halogens is 2. The number of alkyl halides is 1. The number of amides is 1. The summed E-state index contributed by atoms with van der Waals surface area (Å²) in [5.41, 5.74) is 0.684. The Balaban J connectivity index is 2.68. The van der Waals surface area contributed by atoms with Gasteiger partial charge in [-0.15, -0.1) is 0 Å². The lowest BCUT2D eigenvalue weighted by atomic mass is 10.2. The Morgan fingerprint density at radius 1 is 1.53 bits per heavy atom. The van der Waals surface area contributed by atoms with Crippen LogP contribution in [0.5, 0.6) is 0 Å². The van der Waals surface area contributed by atoms with Crippen LogP contribution in [0.4, 0.5) is 0 Å². The molecule has 15 heavy (non-hydrogen) atoms. The van der Waals surface area contributed by atoms with Crippen LogP contribution in [0.1, 0.15) is 23.7 Å². The van der Waals surface area contributed by atoms with Gasteiger partial charge in [0.15, 0.2) is 0 Å². The second-order valence-electron chi connectivity index (χ2n) is 3.24. The predicted octanol–water partition coefficient (Wildman–Crippen LogP) is 3.35. The van der Waals surface area contributed by atoms with E-state index < -0.39 is 0 Å². The molecule has 0 heterocycles. The topological polar surface area (TPSA) is 29.1 Å². The molecule has 0 bridgehead atoms. The number of hydrogen-bond donors (Lipinski definition) is 1. The quantitative estimate of drug-likeness (QED) is 0.840. The van der Waals surface area contributed by atoms with Crippen molar-refractivity contribution in [1.29, 1.82) is 0 Å². The number of carbonyl (C=O) groups excluding carboxylic acids is 1. The third-order valence-corrected chi connectivity index (χ3v) is 3.38. The maximum Gasteiger partial charge on any atom is 0.251 e. The molecule has 0 fully saturated rings. The van der Waals surface area contributed by atoms with Gasteiger partial charge in [0, 0.05) is 21.4 Å². The van der Waals surface area contributed by atoms with Crippen LogP contribution in [0.2, 0.25) is 0 Å². The van der Waals surface area contributed by atoms with Crippen molar-refractivity contribution in [1.82, 2.24) is 5.32 Å². The largest absolute Gasteiger partial charge is 0.348 e.